The number of amides is 3. The van der Waals surface area contributed by atoms with E-state index in [0.717, 1.165) is 13.0 Å². The molecule has 0 spiro atoms. The second kappa shape index (κ2) is 5.90. The van der Waals surface area contributed by atoms with Gasteiger partial charge in [0.15, 0.2) is 0 Å². The SMILES string of the molecule is CC1(C)CCCCC1NCCCN1C(=O)CNC1=O. The van der Waals surface area contributed by atoms with Gasteiger partial charge >= 0.3 is 6.03 Å². The van der Waals surface area contributed by atoms with E-state index in [1.165, 1.54) is 30.6 Å². The van der Waals surface area contributed by atoms with E-state index in [4.69, 9.17) is 0 Å². The lowest BCUT2D eigenvalue weighted by Gasteiger charge is -2.39. The van der Waals surface area contributed by atoms with Gasteiger partial charge in [0.05, 0.1) is 6.54 Å². The highest BCUT2D eigenvalue weighted by Crippen LogP contribution is 2.35. The maximum absolute atomic E-state index is 11.4. The topological polar surface area (TPSA) is 61.4 Å². The fourth-order valence-electron chi connectivity index (χ4n) is 3.07. The number of carbonyl (C=O) groups is 2. The van der Waals surface area contributed by atoms with Gasteiger partial charge in [0.1, 0.15) is 0 Å². The van der Waals surface area contributed by atoms with E-state index in [1.54, 1.807) is 0 Å². The lowest BCUT2D eigenvalue weighted by molar-refractivity contribution is -0.125. The number of urea groups is 1. The summed E-state index contributed by atoms with van der Waals surface area (Å²) >= 11 is 0. The van der Waals surface area contributed by atoms with Crippen LogP contribution in [0.3, 0.4) is 0 Å². The van der Waals surface area contributed by atoms with Crippen molar-refractivity contribution in [1.82, 2.24) is 15.5 Å². The highest BCUT2D eigenvalue weighted by molar-refractivity contribution is 6.01. The predicted octanol–water partition coefficient (Wildman–Crippen LogP) is 1.49. The molecule has 0 bridgehead atoms. The smallest absolute Gasteiger partial charge is 0.324 e. The Labute approximate surface area is 115 Å². The lowest BCUT2D eigenvalue weighted by Crippen LogP contribution is -2.45. The molecule has 5 heteroatoms. The third kappa shape index (κ3) is 3.47. The van der Waals surface area contributed by atoms with Crippen molar-refractivity contribution in [3.8, 4) is 0 Å². The van der Waals surface area contributed by atoms with E-state index < -0.39 is 0 Å². The predicted molar refractivity (Wildman–Crippen MR) is 73.8 cm³/mol. The number of carbonyl (C=O) groups excluding carboxylic acids is 2. The van der Waals surface area contributed by atoms with E-state index >= 15 is 0 Å². The van der Waals surface area contributed by atoms with Gasteiger partial charge in [0.25, 0.3) is 0 Å². The summed E-state index contributed by atoms with van der Waals surface area (Å²) in [5.74, 6) is -0.108. The summed E-state index contributed by atoms with van der Waals surface area (Å²) in [4.78, 5) is 24.1. The average Bonchev–Trinajstić information content (AvgIpc) is 2.67. The normalized spacial score (nSPS) is 26.6. The van der Waals surface area contributed by atoms with E-state index in [-0.39, 0.29) is 18.5 Å². The summed E-state index contributed by atoms with van der Waals surface area (Å²) < 4.78 is 0. The zero-order valence-corrected chi connectivity index (χ0v) is 12.0. The van der Waals surface area contributed by atoms with Crippen LogP contribution in [0.2, 0.25) is 0 Å². The fraction of sp³-hybridized carbons (Fsp3) is 0.857. The molecule has 1 heterocycles. The molecule has 1 saturated carbocycles. The van der Waals surface area contributed by atoms with Crippen LogP contribution in [0.4, 0.5) is 4.79 Å². The molecule has 2 fully saturated rings. The quantitative estimate of drug-likeness (QED) is 0.586. The van der Waals surface area contributed by atoms with Gasteiger partial charge < -0.3 is 10.6 Å². The Balaban J connectivity index is 1.69. The Hall–Kier alpha value is -1.10. The zero-order chi connectivity index (χ0) is 13.9. The molecule has 1 unspecified atom stereocenters. The largest absolute Gasteiger partial charge is 0.329 e. The molecule has 1 aliphatic carbocycles. The van der Waals surface area contributed by atoms with E-state index in [1.807, 2.05) is 0 Å². The standard InChI is InChI=1S/C14H25N3O2/c1-14(2)7-4-3-6-11(14)15-8-5-9-17-12(18)10-16-13(17)19/h11,15H,3-10H2,1-2H3,(H,16,19). The number of imide groups is 1. The van der Waals surface area contributed by atoms with Gasteiger partial charge in [-0.3, -0.25) is 9.69 Å². The molecule has 0 aromatic rings. The van der Waals surface area contributed by atoms with Crippen LogP contribution >= 0.6 is 0 Å². The maximum atomic E-state index is 11.4. The number of rotatable bonds is 5. The second-order valence-corrected chi connectivity index (χ2v) is 6.30. The Morgan fingerprint density at radius 3 is 2.79 bits per heavy atom. The Morgan fingerprint density at radius 2 is 2.16 bits per heavy atom. The molecule has 1 atom stereocenters. The van der Waals surface area contributed by atoms with Crippen molar-refractivity contribution in [2.24, 2.45) is 5.41 Å². The molecule has 108 valence electrons. The molecule has 1 aliphatic heterocycles. The van der Waals surface area contributed by atoms with Crippen molar-refractivity contribution in [2.75, 3.05) is 19.6 Å². The summed E-state index contributed by atoms with van der Waals surface area (Å²) in [7, 11) is 0. The molecular formula is C14H25N3O2. The van der Waals surface area contributed by atoms with Crippen LogP contribution in [-0.2, 0) is 4.79 Å². The lowest BCUT2D eigenvalue weighted by atomic mass is 9.73. The number of nitrogens with one attached hydrogen (secondary N) is 2. The molecule has 1 saturated heterocycles. The second-order valence-electron chi connectivity index (χ2n) is 6.30. The van der Waals surface area contributed by atoms with Crippen molar-refractivity contribution in [3.05, 3.63) is 0 Å². The first-order valence-corrected chi connectivity index (χ1v) is 7.32. The Morgan fingerprint density at radius 1 is 1.37 bits per heavy atom. The maximum Gasteiger partial charge on any atom is 0.324 e. The zero-order valence-electron chi connectivity index (χ0n) is 12.0. The molecule has 0 radical (unpaired) electrons. The van der Waals surface area contributed by atoms with Crippen molar-refractivity contribution < 1.29 is 9.59 Å². The molecule has 19 heavy (non-hydrogen) atoms. The van der Waals surface area contributed by atoms with E-state index in [9.17, 15) is 9.59 Å². The van der Waals surface area contributed by atoms with Gasteiger partial charge in [-0.2, -0.15) is 0 Å². The van der Waals surface area contributed by atoms with Crippen LogP contribution in [0.5, 0.6) is 0 Å². The van der Waals surface area contributed by atoms with Gasteiger partial charge in [-0.25, -0.2) is 4.79 Å². The molecular weight excluding hydrogens is 242 g/mol. The minimum absolute atomic E-state index is 0.108. The Bertz CT molecular complexity index is 339. The number of nitrogens with zero attached hydrogens (tertiary/aromatic N) is 1. The van der Waals surface area contributed by atoms with Gasteiger partial charge in [-0.05, 0) is 31.2 Å². The summed E-state index contributed by atoms with van der Waals surface area (Å²) in [6.45, 7) is 6.18. The van der Waals surface area contributed by atoms with Gasteiger partial charge in [0.2, 0.25) is 5.91 Å². The van der Waals surface area contributed by atoms with Crippen molar-refractivity contribution in [1.29, 1.82) is 0 Å². The van der Waals surface area contributed by atoms with Gasteiger partial charge in [-0.15, -0.1) is 0 Å². The molecule has 0 aromatic heterocycles. The van der Waals surface area contributed by atoms with E-state index in [2.05, 4.69) is 24.5 Å². The first-order chi connectivity index (χ1) is 9.00. The van der Waals surface area contributed by atoms with Crippen molar-refractivity contribution in [2.45, 2.75) is 52.0 Å². The first kappa shape index (κ1) is 14.3. The van der Waals surface area contributed by atoms with Crippen LogP contribution in [0, 0.1) is 5.41 Å². The summed E-state index contributed by atoms with van der Waals surface area (Å²) in [6.07, 6.45) is 5.96. The molecule has 0 aromatic carbocycles. The minimum Gasteiger partial charge on any atom is -0.329 e. The third-order valence-electron chi connectivity index (χ3n) is 4.39. The van der Waals surface area contributed by atoms with Crippen LogP contribution in [0.15, 0.2) is 0 Å². The minimum atomic E-state index is -0.247. The molecule has 2 aliphatic rings. The summed E-state index contributed by atoms with van der Waals surface area (Å²) in [5, 5.41) is 6.14. The monoisotopic (exact) mass is 267 g/mol. The highest BCUT2D eigenvalue weighted by atomic mass is 16.2. The molecule has 5 nitrogen and oxygen atoms in total. The van der Waals surface area contributed by atoms with Crippen LogP contribution in [-0.4, -0.2) is 42.5 Å². The number of hydrogen-bond donors (Lipinski definition) is 2. The number of hydrogen-bond acceptors (Lipinski definition) is 3. The summed E-state index contributed by atoms with van der Waals surface area (Å²) in [6, 6.07) is 0.312. The van der Waals surface area contributed by atoms with Crippen molar-refractivity contribution in [3.63, 3.8) is 0 Å². The van der Waals surface area contributed by atoms with Crippen LogP contribution in [0.1, 0.15) is 46.0 Å². The first-order valence-electron chi connectivity index (χ1n) is 7.32. The van der Waals surface area contributed by atoms with Crippen LogP contribution < -0.4 is 10.6 Å². The third-order valence-corrected chi connectivity index (χ3v) is 4.39. The highest BCUT2D eigenvalue weighted by Gasteiger charge is 2.32. The molecule has 3 amide bonds. The van der Waals surface area contributed by atoms with Gasteiger partial charge in [-0.1, -0.05) is 26.7 Å². The molecule has 2 rings (SSSR count). The van der Waals surface area contributed by atoms with Crippen LogP contribution in [0.25, 0.3) is 0 Å². The van der Waals surface area contributed by atoms with E-state index in [0.29, 0.717) is 18.0 Å². The summed E-state index contributed by atoms with van der Waals surface area (Å²) in [5.41, 5.74) is 0.360. The van der Waals surface area contributed by atoms with Crippen molar-refractivity contribution >= 4 is 11.9 Å². The van der Waals surface area contributed by atoms with Gasteiger partial charge in [0, 0.05) is 12.6 Å². The average molecular weight is 267 g/mol. The Kier molecular flexibility index (Phi) is 4.45. The molecule has 2 N–H and O–H groups in total. The fourth-order valence-corrected chi connectivity index (χ4v) is 3.07.